The molecule has 0 heterocycles. The lowest BCUT2D eigenvalue weighted by atomic mass is 9.69. The summed E-state index contributed by atoms with van der Waals surface area (Å²) in [6.07, 6.45) is 11.3. The van der Waals surface area contributed by atoms with Gasteiger partial charge in [-0.25, -0.2) is 0 Å². The van der Waals surface area contributed by atoms with Gasteiger partial charge in [-0.15, -0.1) is 0 Å². The summed E-state index contributed by atoms with van der Waals surface area (Å²) in [6.45, 7) is 17.2. The van der Waals surface area contributed by atoms with Crippen LogP contribution in [-0.2, 0) is 0 Å². The third kappa shape index (κ3) is 4.32. The molecule has 138 valence electrons. The van der Waals surface area contributed by atoms with Crippen LogP contribution < -0.4 is 10.6 Å². The summed E-state index contributed by atoms with van der Waals surface area (Å²) in [5.41, 5.74) is 3.93. The monoisotopic (exact) mass is 332 g/mol. The van der Waals surface area contributed by atoms with Crippen molar-refractivity contribution in [1.29, 1.82) is 0 Å². The van der Waals surface area contributed by atoms with Crippen LogP contribution in [0.2, 0.25) is 0 Å². The predicted molar refractivity (Wildman–Crippen MR) is 106 cm³/mol. The lowest BCUT2D eigenvalue weighted by Gasteiger charge is -2.39. The Hall–Kier alpha value is -0.600. The molecule has 0 aromatic rings. The molecule has 2 heteroatoms. The largest absolute Gasteiger partial charge is 0.312 e. The van der Waals surface area contributed by atoms with E-state index < -0.39 is 0 Å². The van der Waals surface area contributed by atoms with E-state index in [9.17, 15) is 0 Å². The Morgan fingerprint density at radius 1 is 1.08 bits per heavy atom. The van der Waals surface area contributed by atoms with E-state index in [0.717, 1.165) is 31.6 Å². The second-order valence-electron chi connectivity index (χ2n) is 9.19. The molecule has 2 rings (SSSR count). The predicted octanol–water partition coefficient (Wildman–Crippen LogP) is 5.07. The van der Waals surface area contributed by atoms with Crippen LogP contribution in [0.1, 0.15) is 73.6 Å². The van der Waals surface area contributed by atoms with E-state index in [1.807, 2.05) is 0 Å². The molecular formula is C22H40N2. The van der Waals surface area contributed by atoms with Gasteiger partial charge < -0.3 is 10.6 Å². The summed E-state index contributed by atoms with van der Waals surface area (Å²) in [6, 6.07) is 0.717. The van der Waals surface area contributed by atoms with E-state index in [1.165, 1.54) is 43.3 Å². The molecule has 2 bridgehead atoms. The minimum atomic E-state index is 0.499. The van der Waals surface area contributed by atoms with Gasteiger partial charge in [0.1, 0.15) is 0 Å². The number of rotatable bonds is 9. The van der Waals surface area contributed by atoms with Gasteiger partial charge in [0.15, 0.2) is 0 Å². The molecule has 2 aliphatic rings. The summed E-state index contributed by atoms with van der Waals surface area (Å²) in [5, 5.41) is 7.42. The van der Waals surface area contributed by atoms with Crippen molar-refractivity contribution in [1.82, 2.24) is 10.6 Å². The van der Waals surface area contributed by atoms with E-state index in [0.29, 0.717) is 10.8 Å². The van der Waals surface area contributed by atoms with Gasteiger partial charge in [0.25, 0.3) is 0 Å². The zero-order valence-electron chi connectivity index (χ0n) is 17.0. The fourth-order valence-electron chi connectivity index (χ4n) is 4.89. The highest BCUT2D eigenvalue weighted by Crippen LogP contribution is 2.65. The first kappa shape index (κ1) is 19.7. The fourth-order valence-corrected chi connectivity index (χ4v) is 4.89. The van der Waals surface area contributed by atoms with Crippen molar-refractivity contribution in [3.05, 3.63) is 23.3 Å². The summed E-state index contributed by atoms with van der Waals surface area (Å²) in [4.78, 5) is 0. The molecule has 0 aromatic carbocycles. The second kappa shape index (κ2) is 8.19. The van der Waals surface area contributed by atoms with Gasteiger partial charge in [-0.2, -0.15) is 0 Å². The fraction of sp³-hybridized carbons (Fsp3) is 0.818. The summed E-state index contributed by atoms with van der Waals surface area (Å²) >= 11 is 0. The van der Waals surface area contributed by atoms with Crippen LogP contribution >= 0.6 is 0 Å². The molecule has 2 saturated carbocycles. The highest BCUT2D eigenvalue weighted by Gasteiger charge is 2.60. The second-order valence-corrected chi connectivity index (χ2v) is 9.19. The summed E-state index contributed by atoms with van der Waals surface area (Å²) in [5.74, 6) is 0.930. The van der Waals surface area contributed by atoms with Crippen LogP contribution in [0, 0.1) is 16.7 Å². The Morgan fingerprint density at radius 3 is 2.42 bits per heavy atom. The van der Waals surface area contributed by atoms with Gasteiger partial charge >= 0.3 is 0 Å². The average Bonchev–Trinajstić information content (AvgIpc) is 2.83. The molecule has 0 spiro atoms. The Balaban J connectivity index is 1.60. The molecule has 0 amide bonds. The van der Waals surface area contributed by atoms with Gasteiger partial charge in [-0.05, 0) is 69.6 Å². The number of fused-ring (bicyclic) bond motifs is 2. The van der Waals surface area contributed by atoms with Gasteiger partial charge in [-0.3, -0.25) is 0 Å². The van der Waals surface area contributed by atoms with Gasteiger partial charge in [0.2, 0.25) is 0 Å². The highest BCUT2D eigenvalue weighted by molar-refractivity contribution is 5.13. The third-order valence-electron chi connectivity index (χ3n) is 7.17. The minimum Gasteiger partial charge on any atom is -0.312 e. The number of hydrogen-bond donors (Lipinski definition) is 2. The topological polar surface area (TPSA) is 24.1 Å². The van der Waals surface area contributed by atoms with Crippen LogP contribution in [0.15, 0.2) is 23.3 Å². The number of allylic oxidation sites excluding steroid dienone is 3. The van der Waals surface area contributed by atoms with E-state index >= 15 is 0 Å². The first-order chi connectivity index (χ1) is 11.3. The molecular weight excluding hydrogens is 292 g/mol. The standard InChI is InChI=1S/C22H40N2/c1-17(2)8-7-9-18(3)11-13-23-14-15-24-20-16-19-10-12-22(20,6)21(19,4)5/h8,11,19-20,23-24H,7,9-10,12-16H2,1-6H3/b18-11+/t19-,20+,22+/m1/s1. The van der Waals surface area contributed by atoms with Gasteiger partial charge in [-0.1, -0.05) is 44.1 Å². The maximum atomic E-state index is 3.85. The molecule has 3 atom stereocenters. The van der Waals surface area contributed by atoms with Crippen molar-refractivity contribution in [2.45, 2.75) is 79.7 Å². The Labute approximate surface area is 150 Å². The van der Waals surface area contributed by atoms with Crippen molar-refractivity contribution in [2.24, 2.45) is 16.7 Å². The zero-order chi connectivity index (χ0) is 17.8. The summed E-state index contributed by atoms with van der Waals surface area (Å²) < 4.78 is 0. The maximum Gasteiger partial charge on any atom is 0.0137 e. The molecule has 0 aliphatic heterocycles. The molecule has 0 saturated heterocycles. The number of hydrogen-bond acceptors (Lipinski definition) is 2. The van der Waals surface area contributed by atoms with Crippen LogP contribution in [-0.4, -0.2) is 25.7 Å². The normalized spacial score (nSPS) is 31.5. The van der Waals surface area contributed by atoms with Crippen LogP contribution in [0.4, 0.5) is 0 Å². The van der Waals surface area contributed by atoms with Crippen LogP contribution in [0.3, 0.4) is 0 Å². The lowest BCUT2D eigenvalue weighted by molar-refractivity contribution is 0.121. The van der Waals surface area contributed by atoms with Crippen molar-refractivity contribution in [3.63, 3.8) is 0 Å². The molecule has 2 aliphatic carbocycles. The molecule has 2 fully saturated rings. The van der Waals surface area contributed by atoms with Crippen molar-refractivity contribution in [3.8, 4) is 0 Å². The molecule has 0 aromatic heterocycles. The SMILES string of the molecule is CC(C)=CCC/C(C)=C/CNCCN[C@H]1C[C@H]2CC[C@]1(C)C2(C)C. The first-order valence-corrected chi connectivity index (χ1v) is 10.0. The molecule has 2 N–H and O–H groups in total. The zero-order valence-corrected chi connectivity index (χ0v) is 17.0. The highest BCUT2D eigenvalue weighted by atomic mass is 15.0. The third-order valence-corrected chi connectivity index (χ3v) is 7.17. The first-order valence-electron chi connectivity index (χ1n) is 10.0. The Kier molecular flexibility index (Phi) is 6.73. The molecule has 0 radical (unpaired) electrons. The Morgan fingerprint density at radius 2 is 1.83 bits per heavy atom. The van der Waals surface area contributed by atoms with Crippen molar-refractivity contribution >= 4 is 0 Å². The Bertz CT molecular complexity index is 470. The molecule has 24 heavy (non-hydrogen) atoms. The summed E-state index contributed by atoms with van der Waals surface area (Å²) in [7, 11) is 0. The quantitative estimate of drug-likeness (QED) is 0.455. The van der Waals surface area contributed by atoms with E-state index in [2.05, 4.69) is 64.3 Å². The maximum absolute atomic E-state index is 3.85. The van der Waals surface area contributed by atoms with Gasteiger partial charge in [0, 0.05) is 25.7 Å². The smallest absolute Gasteiger partial charge is 0.0137 e. The molecule has 0 unspecified atom stereocenters. The lowest BCUT2D eigenvalue weighted by Crippen LogP contribution is -2.46. The van der Waals surface area contributed by atoms with Crippen LogP contribution in [0.25, 0.3) is 0 Å². The van der Waals surface area contributed by atoms with Crippen molar-refractivity contribution < 1.29 is 0 Å². The molecule has 2 nitrogen and oxygen atoms in total. The van der Waals surface area contributed by atoms with Crippen LogP contribution in [0.5, 0.6) is 0 Å². The van der Waals surface area contributed by atoms with E-state index in [4.69, 9.17) is 0 Å². The van der Waals surface area contributed by atoms with E-state index in [1.54, 1.807) is 0 Å². The minimum absolute atomic E-state index is 0.499. The average molecular weight is 333 g/mol. The van der Waals surface area contributed by atoms with Gasteiger partial charge in [0.05, 0.1) is 0 Å². The van der Waals surface area contributed by atoms with Crippen molar-refractivity contribution in [2.75, 3.05) is 19.6 Å². The van der Waals surface area contributed by atoms with E-state index in [-0.39, 0.29) is 0 Å². The number of nitrogens with one attached hydrogen (secondary N) is 2.